The van der Waals surface area contributed by atoms with Gasteiger partial charge >= 0.3 is 0 Å². The van der Waals surface area contributed by atoms with Crippen LogP contribution in [0, 0.1) is 5.92 Å². The summed E-state index contributed by atoms with van der Waals surface area (Å²) in [7, 11) is 3.87. The first-order valence-electron chi connectivity index (χ1n) is 5.80. The molecule has 0 saturated carbocycles. The van der Waals surface area contributed by atoms with Gasteiger partial charge in [0.25, 0.3) is 0 Å². The molecule has 2 rings (SSSR count). The molecular formula is C13H20N2O. The first-order valence-corrected chi connectivity index (χ1v) is 5.80. The molecule has 0 aliphatic carbocycles. The molecule has 2 unspecified atom stereocenters. The van der Waals surface area contributed by atoms with Crippen molar-refractivity contribution in [3.63, 3.8) is 0 Å². The number of likely N-dealkylation sites (tertiary alicyclic amines) is 1. The van der Waals surface area contributed by atoms with E-state index in [1.165, 1.54) is 12.0 Å². The summed E-state index contributed by atoms with van der Waals surface area (Å²) in [5.41, 5.74) is 7.17. The smallest absolute Gasteiger partial charge is 0.118 e. The Morgan fingerprint density at radius 3 is 2.62 bits per heavy atom. The van der Waals surface area contributed by atoms with Crippen LogP contribution in [0.4, 0.5) is 0 Å². The second-order valence-electron chi connectivity index (χ2n) is 4.48. The average molecular weight is 220 g/mol. The molecule has 0 radical (unpaired) electrons. The topological polar surface area (TPSA) is 38.5 Å². The number of ether oxygens (including phenoxy) is 1. The lowest BCUT2D eigenvalue weighted by molar-refractivity contribution is 0.279. The lowest BCUT2D eigenvalue weighted by atomic mass is 9.94. The number of hydrogen-bond acceptors (Lipinski definition) is 3. The Balaban J connectivity index is 2.21. The summed E-state index contributed by atoms with van der Waals surface area (Å²) < 4.78 is 5.17. The molecule has 1 saturated heterocycles. The Morgan fingerprint density at radius 1 is 1.38 bits per heavy atom. The van der Waals surface area contributed by atoms with Crippen molar-refractivity contribution in [2.24, 2.45) is 11.7 Å². The molecule has 88 valence electrons. The van der Waals surface area contributed by atoms with Gasteiger partial charge in [-0.25, -0.2) is 0 Å². The molecule has 1 heterocycles. The van der Waals surface area contributed by atoms with Gasteiger partial charge in [-0.05, 0) is 50.2 Å². The molecule has 3 nitrogen and oxygen atoms in total. The Bertz CT molecular complexity index is 336. The molecule has 0 amide bonds. The van der Waals surface area contributed by atoms with E-state index in [2.05, 4.69) is 24.1 Å². The predicted molar refractivity (Wildman–Crippen MR) is 65.5 cm³/mol. The van der Waals surface area contributed by atoms with Gasteiger partial charge < -0.3 is 10.5 Å². The largest absolute Gasteiger partial charge is 0.497 e. The Hall–Kier alpha value is -1.06. The zero-order valence-corrected chi connectivity index (χ0v) is 10.0. The molecule has 0 spiro atoms. The molecule has 0 bridgehead atoms. The van der Waals surface area contributed by atoms with Gasteiger partial charge in [-0.2, -0.15) is 0 Å². The van der Waals surface area contributed by atoms with Crippen LogP contribution >= 0.6 is 0 Å². The van der Waals surface area contributed by atoms with Crippen LogP contribution in [0.3, 0.4) is 0 Å². The van der Waals surface area contributed by atoms with Crippen LogP contribution in [0.5, 0.6) is 5.75 Å². The summed E-state index contributed by atoms with van der Waals surface area (Å²) in [4.78, 5) is 2.39. The SMILES string of the molecule is COc1ccc(C2C(CN)CCN2C)cc1. The maximum atomic E-state index is 5.83. The highest BCUT2D eigenvalue weighted by Crippen LogP contribution is 2.35. The molecule has 0 aromatic heterocycles. The lowest BCUT2D eigenvalue weighted by Crippen LogP contribution is -2.25. The predicted octanol–water partition coefficient (Wildman–Crippen LogP) is 1.65. The number of hydrogen-bond donors (Lipinski definition) is 1. The van der Waals surface area contributed by atoms with E-state index in [0.29, 0.717) is 12.0 Å². The van der Waals surface area contributed by atoms with Crippen LogP contribution in [0.1, 0.15) is 18.0 Å². The normalized spacial score (nSPS) is 25.9. The number of rotatable bonds is 3. The monoisotopic (exact) mass is 220 g/mol. The van der Waals surface area contributed by atoms with Gasteiger partial charge in [0.2, 0.25) is 0 Å². The highest BCUT2D eigenvalue weighted by atomic mass is 16.5. The zero-order chi connectivity index (χ0) is 11.5. The van der Waals surface area contributed by atoms with Crippen LogP contribution in [0.15, 0.2) is 24.3 Å². The summed E-state index contributed by atoms with van der Waals surface area (Å²) in [6, 6.07) is 8.81. The van der Waals surface area contributed by atoms with Gasteiger partial charge in [0.1, 0.15) is 5.75 Å². The minimum absolute atomic E-state index is 0.468. The van der Waals surface area contributed by atoms with Gasteiger partial charge in [0.15, 0.2) is 0 Å². The summed E-state index contributed by atoms with van der Waals surface area (Å²) in [6.07, 6.45) is 1.20. The maximum absolute atomic E-state index is 5.83. The highest BCUT2D eigenvalue weighted by Gasteiger charge is 2.31. The first kappa shape index (κ1) is 11.4. The standard InChI is InChI=1S/C13H20N2O/c1-15-8-7-11(9-14)13(15)10-3-5-12(16-2)6-4-10/h3-6,11,13H,7-9,14H2,1-2H3. The van der Waals surface area contributed by atoms with E-state index in [4.69, 9.17) is 10.5 Å². The van der Waals surface area contributed by atoms with Crippen molar-refractivity contribution in [3.8, 4) is 5.75 Å². The van der Waals surface area contributed by atoms with Crippen molar-refractivity contribution >= 4 is 0 Å². The van der Waals surface area contributed by atoms with Crippen molar-refractivity contribution in [2.45, 2.75) is 12.5 Å². The van der Waals surface area contributed by atoms with Crippen LogP contribution in [0.2, 0.25) is 0 Å². The van der Waals surface area contributed by atoms with E-state index in [-0.39, 0.29) is 0 Å². The van der Waals surface area contributed by atoms with Gasteiger partial charge in [0, 0.05) is 6.04 Å². The fourth-order valence-electron chi connectivity index (χ4n) is 2.60. The number of nitrogens with two attached hydrogens (primary N) is 1. The number of nitrogens with zero attached hydrogens (tertiary/aromatic N) is 1. The third-order valence-electron chi connectivity index (χ3n) is 3.53. The molecule has 2 N–H and O–H groups in total. The lowest BCUT2D eigenvalue weighted by Gasteiger charge is -2.24. The van der Waals surface area contributed by atoms with E-state index in [9.17, 15) is 0 Å². The van der Waals surface area contributed by atoms with Crippen molar-refractivity contribution in [3.05, 3.63) is 29.8 Å². The molecule has 3 heteroatoms. The van der Waals surface area contributed by atoms with E-state index >= 15 is 0 Å². The quantitative estimate of drug-likeness (QED) is 0.841. The molecular weight excluding hydrogens is 200 g/mol. The maximum Gasteiger partial charge on any atom is 0.118 e. The van der Waals surface area contributed by atoms with Gasteiger partial charge in [0.05, 0.1) is 7.11 Å². The van der Waals surface area contributed by atoms with Crippen LogP contribution in [-0.4, -0.2) is 32.1 Å². The molecule has 1 aromatic carbocycles. The Labute approximate surface area is 97.2 Å². The molecule has 1 fully saturated rings. The van der Waals surface area contributed by atoms with E-state index < -0.39 is 0 Å². The summed E-state index contributed by atoms with van der Waals surface area (Å²) >= 11 is 0. The number of benzene rings is 1. The first-order chi connectivity index (χ1) is 7.76. The van der Waals surface area contributed by atoms with Crippen LogP contribution in [0.25, 0.3) is 0 Å². The second-order valence-corrected chi connectivity index (χ2v) is 4.48. The van der Waals surface area contributed by atoms with E-state index in [1.807, 2.05) is 12.1 Å². The average Bonchev–Trinajstić information content (AvgIpc) is 2.70. The van der Waals surface area contributed by atoms with Gasteiger partial charge in [-0.3, -0.25) is 4.90 Å². The summed E-state index contributed by atoms with van der Waals surface area (Å²) in [6.45, 7) is 1.90. The fourth-order valence-corrected chi connectivity index (χ4v) is 2.60. The van der Waals surface area contributed by atoms with Crippen molar-refractivity contribution < 1.29 is 4.74 Å². The minimum Gasteiger partial charge on any atom is -0.497 e. The Kier molecular flexibility index (Phi) is 3.46. The summed E-state index contributed by atoms with van der Waals surface area (Å²) in [5.74, 6) is 1.49. The van der Waals surface area contributed by atoms with Crippen molar-refractivity contribution in [1.82, 2.24) is 4.90 Å². The Morgan fingerprint density at radius 2 is 2.06 bits per heavy atom. The van der Waals surface area contributed by atoms with Crippen molar-refractivity contribution in [2.75, 3.05) is 27.2 Å². The highest BCUT2D eigenvalue weighted by molar-refractivity contribution is 5.30. The van der Waals surface area contributed by atoms with E-state index in [0.717, 1.165) is 18.8 Å². The van der Waals surface area contributed by atoms with E-state index in [1.54, 1.807) is 7.11 Å². The van der Waals surface area contributed by atoms with Crippen molar-refractivity contribution in [1.29, 1.82) is 0 Å². The molecule has 1 aliphatic heterocycles. The second kappa shape index (κ2) is 4.85. The van der Waals surface area contributed by atoms with Crippen LogP contribution < -0.4 is 10.5 Å². The molecule has 1 aromatic rings. The van der Waals surface area contributed by atoms with Crippen LogP contribution in [-0.2, 0) is 0 Å². The summed E-state index contributed by atoms with van der Waals surface area (Å²) in [5, 5.41) is 0. The third kappa shape index (κ3) is 2.06. The molecule has 2 atom stereocenters. The molecule has 1 aliphatic rings. The third-order valence-corrected chi connectivity index (χ3v) is 3.53. The molecule has 16 heavy (non-hydrogen) atoms. The number of methoxy groups -OCH3 is 1. The van der Waals surface area contributed by atoms with Gasteiger partial charge in [-0.15, -0.1) is 0 Å². The van der Waals surface area contributed by atoms with Gasteiger partial charge in [-0.1, -0.05) is 12.1 Å². The zero-order valence-electron chi connectivity index (χ0n) is 10.0. The fraction of sp³-hybridized carbons (Fsp3) is 0.538. The minimum atomic E-state index is 0.468.